The molecule has 27 heteroatoms. The van der Waals surface area contributed by atoms with Gasteiger partial charge in [0.2, 0.25) is 0 Å². The van der Waals surface area contributed by atoms with E-state index in [1.54, 1.807) is 0 Å². The maximum atomic E-state index is 13.5. The molecule has 0 aliphatic rings. The average Bonchev–Trinajstić information content (AvgIpc) is 2.85. The van der Waals surface area contributed by atoms with Gasteiger partial charge in [0.05, 0.1) is 5.41 Å². The van der Waals surface area contributed by atoms with Gasteiger partial charge in [-0.05, 0) is 6.42 Å². The van der Waals surface area contributed by atoms with Gasteiger partial charge >= 0.3 is 72.0 Å². The van der Waals surface area contributed by atoms with Crippen molar-refractivity contribution in [2.45, 2.75) is 67.4 Å². The number of halogens is 21. The zero-order chi connectivity index (χ0) is 36.7. The number of ether oxygens (including phenoxy) is 3. The Bertz CT molecular complexity index is 956. The van der Waals surface area contributed by atoms with Gasteiger partial charge in [0.15, 0.2) is 0 Å². The number of alkyl halides is 21. The van der Waals surface area contributed by atoms with Crippen molar-refractivity contribution in [1.29, 1.82) is 0 Å². The van der Waals surface area contributed by atoms with E-state index in [0.717, 1.165) is 0 Å². The molecule has 0 saturated heterocycles. The summed E-state index contributed by atoms with van der Waals surface area (Å²) in [5.41, 5.74) is -3.50. The molecule has 0 aromatic heterocycles. The lowest BCUT2D eigenvalue weighted by Gasteiger charge is -2.34. The summed E-state index contributed by atoms with van der Waals surface area (Å²) in [5.74, 6) is -54.7. The van der Waals surface area contributed by atoms with Crippen LogP contribution >= 0.6 is 0 Å². The quantitative estimate of drug-likeness (QED) is 0.123. The van der Waals surface area contributed by atoms with Gasteiger partial charge in [0.25, 0.3) is 0 Å². The van der Waals surface area contributed by atoms with Crippen LogP contribution in [0.1, 0.15) is 13.3 Å². The van der Waals surface area contributed by atoms with Crippen LogP contribution in [-0.2, 0) is 28.6 Å². The predicted octanol–water partition coefficient (Wildman–Crippen LogP) is 6.51. The van der Waals surface area contributed by atoms with Crippen LogP contribution in [0.25, 0.3) is 0 Å². The molecule has 0 aliphatic carbocycles. The summed E-state index contributed by atoms with van der Waals surface area (Å²) in [5, 5.41) is 0. The van der Waals surface area contributed by atoms with Crippen molar-refractivity contribution >= 4 is 17.9 Å². The van der Waals surface area contributed by atoms with Crippen LogP contribution in [-0.4, -0.2) is 91.8 Å². The van der Waals surface area contributed by atoms with Crippen LogP contribution < -0.4 is 0 Å². The maximum Gasteiger partial charge on any atom is 0.460 e. The van der Waals surface area contributed by atoms with E-state index in [9.17, 15) is 107 Å². The molecular formula is C18H11F21O6. The first-order valence-electron chi connectivity index (χ1n) is 10.4. The molecule has 0 aliphatic heterocycles. The molecule has 0 saturated carbocycles. The first-order chi connectivity index (χ1) is 19.4. The molecule has 0 N–H and O–H groups in total. The van der Waals surface area contributed by atoms with Gasteiger partial charge in [-0.1, -0.05) is 6.92 Å². The first-order valence-corrected chi connectivity index (χ1v) is 10.4. The Balaban J connectivity index is 6.55. The topological polar surface area (TPSA) is 78.9 Å². The largest absolute Gasteiger partial charge is 0.460 e. The molecule has 0 unspecified atom stereocenters. The molecule has 45 heavy (non-hydrogen) atoms. The zero-order valence-electron chi connectivity index (χ0n) is 20.7. The van der Waals surface area contributed by atoms with E-state index in [2.05, 4.69) is 14.2 Å². The summed E-state index contributed by atoms with van der Waals surface area (Å²) in [6, 6.07) is 0. The second kappa shape index (κ2) is 12.3. The summed E-state index contributed by atoms with van der Waals surface area (Å²) in [7, 11) is 0. The molecule has 0 aromatic carbocycles. The van der Waals surface area contributed by atoms with Crippen molar-refractivity contribution in [2.24, 2.45) is 5.41 Å². The van der Waals surface area contributed by atoms with Crippen LogP contribution in [0.4, 0.5) is 92.2 Å². The van der Waals surface area contributed by atoms with Gasteiger partial charge in [0, 0.05) is 0 Å². The van der Waals surface area contributed by atoms with E-state index < -0.39 is 104 Å². The Morgan fingerprint density at radius 1 is 0.400 bits per heavy atom. The molecule has 266 valence electrons. The molecular weight excluding hydrogens is 711 g/mol. The minimum atomic E-state index is -7.30. The lowest BCUT2D eigenvalue weighted by Crippen LogP contribution is -2.58. The van der Waals surface area contributed by atoms with E-state index in [1.807, 2.05) is 0 Å². The van der Waals surface area contributed by atoms with Crippen molar-refractivity contribution in [3.8, 4) is 0 Å². The average molecular weight is 722 g/mol. The fourth-order valence-electron chi connectivity index (χ4n) is 2.28. The van der Waals surface area contributed by atoms with Gasteiger partial charge < -0.3 is 14.2 Å². The third-order valence-electron chi connectivity index (χ3n) is 5.30. The molecule has 0 spiro atoms. The van der Waals surface area contributed by atoms with Crippen molar-refractivity contribution in [3.05, 3.63) is 0 Å². The number of carbonyl (C=O) groups is 3. The maximum absolute atomic E-state index is 13.5. The summed E-state index contributed by atoms with van der Waals surface area (Å²) in [6.07, 6.45) is -23.2. The molecule has 0 atom stereocenters. The van der Waals surface area contributed by atoms with Gasteiger partial charge in [-0.2, -0.15) is 92.2 Å². The fourth-order valence-corrected chi connectivity index (χ4v) is 2.28. The van der Waals surface area contributed by atoms with Crippen LogP contribution in [0.15, 0.2) is 0 Å². The Morgan fingerprint density at radius 3 is 0.711 bits per heavy atom. The van der Waals surface area contributed by atoms with E-state index in [4.69, 9.17) is 0 Å². The smallest absolute Gasteiger partial charge is 0.460 e. The highest BCUT2D eigenvalue weighted by atomic mass is 19.4. The third kappa shape index (κ3) is 7.67. The Hall–Kier alpha value is -3.06. The highest BCUT2D eigenvalue weighted by Crippen LogP contribution is 2.49. The highest BCUT2D eigenvalue weighted by molar-refractivity contribution is 5.80. The van der Waals surface area contributed by atoms with E-state index >= 15 is 0 Å². The van der Waals surface area contributed by atoms with Crippen LogP contribution in [0.5, 0.6) is 0 Å². The normalized spacial score (nSPS) is 15.1. The second-order valence-electron chi connectivity index (χ2n) is 8.52. The molecule has 0 radical (unpaired) electrons. The van der Waals surface area contributed by atoms with Gasteiger partial charge in [0.1, 0.15) is 19.8 Å². The molecule has 0 amide bonds. The summed E-state index contributed by atoms with van der Waals surface area (Å²) < 4.78 is 280. The lowest BCUT2D eigenvalue weighted by molar-refractivity contribution is -0.350. The third-order valence-corrected chi connectivity index (χ3v) is 5.30. The Kier molecular flexibility index (Phi) is 11.4. The minimum absolute atomic E-state index is 0.406. The lowest BCUT2D eigenvalue weighted by atomic mass is 9.87. The summed E-state index contributed by atoms with van der Waals surface area (Å²) >= 11 is 0. The monoisotopic (exact) mass is 722 g/mol. The minimum Gasteiger partial charge on any atom is -0.460 e. The van der Waals surface area contributed by atoms with Crippen molar-refractivity contribution in [3.63, 3.8) is 0 Å². The fraction of sp³-hybridized carbons (Fsp3) is 0.833. The zero-order valence-corrected chi connectivity index (χ0v) is 20.7. The van der Waals surface area contributed by atoms with E-state index in [1.165, 1.54) is 0 Å². The number of hydrogen-bond donors (Lipinski definition) is 0. The molecule has 0 bridgehead atoms. The standard InChI is InChI=1S/C18H11F21O6/c1-2-9(3-43-6(40)10(19,20)13(25,26)16(31,32)33,4-44-7(41)11(21,22)14(27,28)17(34,35)36)5-45-8(42)12(23,24)15(29,30)18(37,38)39/h2-5H2,1H3. The number of esters is 3. The van der Waals surface area contributed by atoms with E-state index in [0.29, 0.717) is 6.92 Å². The summed E-state index contributed by atoms with van der Waals surface area (Å²) in [4.78, 5) is 34.0. The number of carbonyl (C=O) groups excluding carboxylic acids is 3. The number of rotatable bonds is 13. The SMILES string of the molecule is CCC(COC(=O)C(F)(F)C(F)(F)C(F)(F)F)(COC(=O)C(F)(F)C(F)(F)C(F)(F)F)COC(=O)C(F)(F)C(F)(F)C(F)(F)F. The number of hydrogen-bond acceptors (Lipinski definition) is 6. The molecule has 0 fully saturated rings. The van der Waals surface area contributed by atoms with Gasteiger partial charge in [-0.15, -0.1) is 0 Å². The Morgan fingerprint density at radius 2 is 0.578 bits per heavy atom. The van der Waals surface area contributed by atoms with Gasteiger partial charge in [-0.3, -0.25) is 0 Å². The van der Waals surface area contributed by atoms with E-state index in [-0.39, 0.29) is 0 Å². The van der Waals surface area contributed by atoms with Crippen LogP contribution in [0.3, 0.4) is 0 Å². The van der Waals surface area contributed by atoms with Crippen molar-refractivity contribution < 1.29 is 121 Å². The molecule has 0 heterocycles. The summed E-state index contributed by atoms with van der Waals surface area (Å²) in [6.45, 7) is -7.19. The predicted molar refractivity (Wildman–Crippen MR) is 93.4 cm³/mol. The second-order valence-corrected chi connectivity index (χ2v) is 8.52. The van der Waals surface area contributed by atoms with Gasteiger partial charge in [-0.25, -0.2) is 14.4 Å². The van der Waals surface area contributed by atoms with Crippen molar-refractivity contribution in [2.75, 3.05) is 19.8 Å². The molecule has 0 rings (SSSR count). The highest BCUT2D eigenvalue weighted by Gasteiger charge is 2.79. The van der Waals surface area contributed by atoms with Crippen molar-refractivity contribution in [1.82, 2.24) is 0 Å². The Labute approximate surface area is 232 Å². The first kappa shape index (κ1) is 41.9. The van der Waals surface area contributed by atoms with Crippen LogP contribution in [0.2, 0.25) is 0 Å². The molecule has 6 nitrogen and oxygen atoms in total. The molecule has 0 aromatic rings. The van der Waals surface area contributed by atoms with Crippen LogP contribution in [0, 0.1) is 5.41 Å².